The van der Waals surface area contributed by atoms with Crippen LogP contribution in [0.5, 0.6) is 17.2 Å². The number of carbonyl (C=O) groups excluding carboxylic acids is 2. The smallest absolute Gasteiger partial charge is 0.319 e. The van der Waals surface area contributed by atoms with Crippen molar-refractivity contribution in [2.24, 2.45) is 0 Å². The number of hydrogen-bond donors (Lipinski definition) is 4. The molecule has 2 rings (SSSR count). The molecule has 0 aromatic heterocycles. The van der Waals surface area contributed by atoms with E-state index in [1.165, 1.54) is 6.07 Å². The van der Waals surface area contributed by atoms with Gasteiger partial charge in [0.25, 0.3) is 5.91 Å². The molecule has 4 N–H and O–H groups in total. The zero-order valence-electron chi connectivity index (χ0n) is 22.1. The molecule has 0 atom stereocenters. The van der Waals surface area contributed by atoms with Gasteiger partial charge in [-0.25, -0.2) is 13.2 Å². The summed E-state index contributed by atoms with van der Waals surface area (Å²) in [4.78, 5) is 25.3. The zero-order chi connectivity index (χ0) is 27.6. The molecular weight excluding hydrogens is 500 g/mol. The Morgan fingerprint density at radius 1 is 0.892 bits per heavy atom. The summed E-state index contributed by atoms with van der Waals surface area (Å²) < 4.78 is 42.8. The van der Waals surface area contributed by atoms with Gasteiger partial charge in [0.1, 0.15) is 17.2 Å². The number of benzene rings is 2. The molecule has 3 amide bonds. The van der Waals surface area contributed by atoms with Gasteiger partial charge in [-0.3, -0.25) is 9.52 Å². The normalized spacial score (nSPS) is 11.0. The maximum Gasteiger partial charge on any atom is 0.319 e. The van der Waals surface area contributed by atoms with Gasteiger partial charge in [0.2, 0.25) is 10.0 Å². The number of amides is 3. The van der Waals surface area contributed by atoms with Gasteiger partial charge in [-0.2, -0.15) is 0 Å². The first-order valence-corrected chi connectivity index (χ1v) is 13.9. The van der Waals surface area contributed by atoms with E-state index < -0.39 is 16.1 Å². The first-order valence-electron chi connectivity index (χ1n) is 12.0. The SMILES string of the molecule is CCOc1cc(NS(C)(=O)=O)c(OCC)cc1CNC(=O)Nc1ccc(OCC)c(C(=O)NC(C)C)c1. The summed E-state index contributed by atoms with van der Waals surface area (Å²) in [5.74, 6) is 0.807. The minimum absolute atomic E-state index is 0.0676. The molecule has 0 radical (unpaired) electrons. The van der Waals surface area contributed by atoms with Gasteiger partial charge in [0.05, 0.1) is 37.3 Å². The lowest BCUT2D eigenvalue weighted by molar-refractivity contribution is 0.0939. The number of nitrogens with one attached hydrogen (secondary N) is 4. The summed E-state index contributed by atoms with van der Waals surface area (Å²) in [5.41, 5.74) is 1.54. The van der Waals surface area contributed by atoms with Crippen LogP contribution < -0.4 is 34.9 Å². The van der Waals surface area contributed by atoms with Crippen LogP contribution in [-0.2, 0) is 16.6 Å². The van der Waals surface area contributed by atoms with Crippen molar-refractivity contribution in [3.05, 3.63) is 41.5 Å². The number of anilines is 2. The van der Waals surface area contributed by atoms with Crippen molar-refractivity contribution in [1.29, 1.82) is 0 Å². The summed E-state index contributed by atoms with van der Waals surface area (Å²) in [6.45, 7) is 10.2. The minimum Gasteiger partial charge on any atom is -0.493 e. The average molecular weight is 537 g/mol. The van der Waals surface area contributed by atoms with Crippen LogP contribution in [0.25, 0.3) is 0 Å². The summed E-state index contributed by atoms with van der Waals surface area (Å²) in [5, 5.41) is 8.28. The molecule has 0 aliphatic rings. The Hall–Kier alpha value is -3.67. The van der Waals surface area contributed by atoms with Crippen LogP contribution in [-0.4, -0.2) is 52.5 Å². The van der Waals surface area contributed by atoms with Crippen LogP contribution >= 0.6 is 0 Å². The van der Waals surface area contributed by atoms with Crippen LogP contribution in [0.3, 0.4) is 0 Å². The van der Waals surface area contributed by atoms with Crippen molar-refractivity contribution in [3.8, 4) is 17.2 Å². The van der Waals surface area contributed by atoms with Gasteiger partial charge in [0, 0.05) is 29.9 Å². The molecule has 12 heteroatoms. The molecular formula is C25H36N4O7S. The van der Waals surface area contributed by atoms with E-state index in [9.17, 15) is 18.0 Å². The predicted octanol–water partition coefficient (Wildman–Crippen LogP) is 3.71. The van der Waals surface area contributed by atoms with Crippen molar-refractivity contribution in [2.75, 3.05) is 36.1 Å². The van der Waals surface area contributed by atoms with Crippen LogP contribution in [0.1, 0.15) is 50.5 Å². The second kappa shape index (κ2) is 13.6. The monoisotopic (exact) mass is 536 g/mol. The molecule has 2 aromatic carbocycles. The van der Waals surface area contributed by atoms with E-state index in [0.29, 0.717) is 53.9 Å². The molecule has 0 fully saturated rings. The van der Waals surface area contributed by atoms with Crippen molar-refractivity contribution < 1.29 is 32.2 Å². The summed E-state index contributed by atoms with van der Waals surface area (Å²) in [6.07, 6.45) is 1.04. The number of sulfonamides is 1. The predicted molar refractivity (Wildman–Crippen MR) is 143 cm³/mol. The van der Waals surface area contributed by atoms with Gasteiger partial charge in [-0.05, 0) is 58.9 Å². The molecule has 0 aliphatic carbocycles. The number of carbonyl (C=O) groups is 2. The van der Waals surface area contributed by atoms with Crippen LogP contribution in [0, 0.1) is 0 Å². The number of hydrogen-bond acceptors (Lipinski definition) is 7. The molecule has 11 nitrogen and oxygen atoms in total. The quantitative estimate of drug-likeness (QED) is 0.305. The van der Waals surface area contributed by atoms with Gasteiger partial charge >= 0.3 is 6.03 Å². The van der Waals surface area contributed by atoms with E-state index in [2.05, 4.69) is 20.7 Å². The van der Waals surface area contributed by atoms with E-state index in [1.807, 2.05) is 20.8 Å². The fourth-order valence-corrected chi connectivity index (χ4v) is 3.90. The van der Waals surface area contributed by atoms with E-state index in [1.54, 1.807) is 38.1 Å². The van der Waals surface area contributed by atoms with Gasteiger partial charge < -0.3 is 30.2 Å². The molecule has 0 aliphatic heterocycles. The number of urea groups is 1. The topological polar surface area (TPSA) is 144 Å². The molecule has 0 heterocycles. The molecule has 0 unspecified atom stereocenters. The standard InChI is InChI=1S/C25H36N4O7S/c1-7-34-21-11-10-18(13-19(21)24(30)27-16(4)5)28-25(31)26-15-17-12-23(36-9-3)20(29-37(6,32)33)14-22(17)35-8-2/h10-14,16,29H,7-9,15H2,1-6H3,(H,27,30)(H2,26,28,31). The Balaban J connectivity index is 2.23. The van der Waals surface area contributed by atoms with E-state index in [0.717, 1.165) is 6.26 Å². The second-order valence-corrected chi connectivity index (χ2v) is 10.0. The highest BCUT2D eigenvalue weighted by Gasteiger charge is 2.17. The van der Waals surface area contributed by atoms with Crippen LogP contribution in [0.15, 0.2) is 30.3 Å². The highest BCUT2D eigenvalue weighted by Crippen LogP contribution is 2.34. The number of rotatable bonds is 13. The second-order valence-electron chi connectivity index (χ2n) is 8.28. The Morgan fingerprint density at radius 3 is 2.11 bits per heavy atom. The lowest BCUT2D eigenvalue weighted by Gasteiger charge is -2.18. The Morgan fingerprint density at radius 2 is 1.51 bits per heavy atom. The fraction of sp³-hybridized carbons (Fsp3) is 0.440. The highest BCUT2D eigenvalue weighted by atomic mass is 32.2. The average Bonchev–Trinajstić information content (AvgIpc) is 2.79. The van der Waals surface area contributed by atoms with E-state index in [-0.39, 0.29) is 24.2 Å². The van der Waals surface area contributed by atoms with Crippen LogP contribution in [0.4, 0.5) is 16.2 Å². The Labute approximate surface area is 218 Å². The Kier molecular flexibility index (Phi) is 10.9. The van der Waals surface area contributed by atoms with Crippen molar-refractivity contribution in [3.63, 3.8) is 0 Å². The third kappa shape index (κ3) is 9.37. The third-order valence-corrected chi connectivity index (χ3v) is 5.29. The lowest BCUT2D eigenvalue weighted by atomic mass is 10.1. The minimum atomic E-state index is -3.55. The van der Waals surface area contributed by atoms with Gasteiger partial charge in [-0.15, -0.1) is 0 Å². The summed E-state index contributed by atoms with van der Waals surface area (Å²) >= 11 is 0. The molecule has 37 heavy (non-hydrogen) atoms. The Bertz CT molecular complexity index is 1200. The van der Waals surface area contributed by atoms with Gasteiger partial charge in [-0.1, -0.05) is 0 Å². The van der Waals surface area contributed by atoms with E-state index >= 15 is 0 Å². The molecule has 0 saturated carbocycles. The fourth-order valence-electron chi connectivity index (χ4n) is 3.34. The maximum absolute atomic E-state index is 12.7. The van der Waals surface area contributed by atoms with Gasteiger partial charge in [0.15, 0.2) is 0 Å². The molecule has 0 saturated heterocycles. The highest BCUT2D eigenvalue weighted by molar-refractivity contribution is 7.92. The number of ether oxygens (including phenoxy) is 3. The van der Waals surface area contributed by atoms with Crippen molar-refractivity contribution in [2.45, 2.75) is 47.2 Å². The summed E-state index contributed by atoms with van der Waals surface area (Å²) in [7, 11) is -3.55. The van der Waals surface area contributed by atoms with Crippen LogP contribution in [0.2, 0.25) is 0 Å². The first kappa shape index (κ1) is 29.6. The lowest BCUT2D eigenvalue weighted by Crippen LogP contribution is -2.31. The summed E-state index contributed by atoms with van der Waals surface area (Å²) in [6, 6.07) is 7.38. The van der Waals surface area contributed by atoms with Crippen molar-refractivity contribution in [1.82, 2.24) is 10.6 Å². The molecule has 0 spiro atoms. The molecule has 2 aromatic rings. The van der Waals surface area contributed by atoms with E-state index in [4.69, 9.17) is 14.2 Å². The maximum atomic E-state index is 12.7. The first-order chi connectivity index (χ1) is 17.5. The largest absolute Gasteiger partial charge is 0.493 e. The zero-order valence-corrected chi connectivity index (χ0v) is 22.9. The molecule has 0 bridgehead atoms. The van der Waals surface area contributed by atoms with Crippen molar-refractivity contribution >= 4 is 33.3 Å². The third-order valence-electron chi connectivity index (χ3n) is 4.70. The molecule has 204 valence electrons.